The highest BCUT2D eigenvalue weighted by Crippen LogP contribution is 2.44. The first-order chi connectivity index (χ1) is 22.9. The van der Waals surface area contributed by atoms with Crippen LogP contribution in [0.5, 0.6) is 11.9 Å². The number of nitrogen functional groups attached to an aromatic ring is 1. The second-order valence-electron chi connectivity index (χ2n) is 10.7. The number of ether oxygens (including phenoxy) is 2. The van der Waals surface area contributed by atoms with Gasteiger partial charge in [0.25, 0.3) is 0 Å². The Kier molecular flexibility index (Phi) is 15.9. The Labute approximate surface area is 279 Å². The van der Waals surface area contributed by atoms with Crippen molar-refractivity contribution < 1.29 is 35.8 Å². The van der Waals surface area contributed by atoms with Gasteiger partial charge in [-0.15, -0.1) is 0 Å². The van der Waals surface area contributed by atoms with Crippen molar-refractivity contribution in [2.45, 2.75) is 86.1 Å². The van der Waals surface area contributed by atoms with Crippen LogP contribution in [0.4, 0.5) is 37.8 Å². The number of likely N-dealkylation sites (N-methyl/N-ethyl adjacent to an activating group) is 1. The Hall–Kier alpha value is -3.59. The maximum absolute atomic E-state index is 16.4. The lowest BCUT2D eigenvalue weighted by Gasteiger charge is -2.21. The second-order valence-corrected chi connectivity index (χ2v) is 10.7. The minimum absolute atomic E-state index is 0.0608. The number of hydrogen-bond acceptors (Lipinski definition) is 9. The number of nitrogens with zero attached hydrogens (tertiary/aromatic N) is 4. The van der Waals surface area contributed by atoms with Crippen molar-refractivity contribution in [2.24, 2.45) is 0 Å². The van der Waals surface area contributed by atoms with Gasteiger partial charge in [0.15, 0.2) is 5.82 Å². The average molecular weight is 690 g/mol. The van der Waals surface area contributed by atoms with Crippen LogP contribution in [0.15, 0.2) is 6.07 Å². The third-order valence-electron chi connectivity index (χ3n) is 7.51. The smallest absolute Gasteiger partial charge is 0.417 e. The molecule has 0 bridgehead atoms. The fourth-order valence-electron chi connectivity index (χ4n) is 5.26. The van der Waals surface area contributed by atoms with Crippen molar-refractivity contribution in [3.05, 3.63) is 28.8 Å². The number of aromatic nitrogens is 3. The van der Waals surface area contributed by atoms with Crippen LogP contribution in [0.2, 0.25) is 0 Å². The topological polar surface area (TPSA) is 110 Å². The molecule has 2 aliphatic rings. The van der Waals surface area contributed by atoms with Crippen molar-refractivity contribution in [1.82, 2.24) is 25.2 Å². The zero-order valence-electron chi connectivity index (χ0n) is 29.0. The fourth-order valence-corrected chi connectivity index (χ4v) is 5.26. The van der Waals surface area contributed by atoms with Crippen LogP contribution >= 0.6 is 0 Å². The molecule has 0 amide bonds. The molecule has 0 radical (unpaired) electrons. The van der Waals surface area contributed by atoms with Gasteiger partial charge in [0, 0.05) is 24.7 Å². The van der Waals surface area contributed by atoms with Gasteiger partial charge in [0.05, 0.1) is 24.0 Å². The summed E-state index contributed by atoms with van der Waals surface area (Å²) in [6.45, 7) is 14.6. The number of anilines is 2. The first-order valence-electron chi connectivity index (χ1n) is 16.4. The highest BCUT2D eigenvalue weighted by Gasteiger charge is 2.39. The first-order valence-corrected chi connectivity index (χ1v) is 16.4. The maximum Gasteiger partial charge on any atom is 0.417 e. The predicted octanol–water partition coefficient (Wildman–Crippen LogP) is 7.55. The van der Waals surface area contributed by atoms with Gasteiger partial charge < -0.3 is 30.7 Å². The summed E-state index contributed by atoms with van der Waals surface area (Å²) >= 11 is 0. The summed E-state index contributed by atoms with van der Waals surface area (Å²) < 4.78 is 95.8. The van der Waals surface area contributed by atoms with Gasteiger partial charge in [-0.1, -0.05) is 27.7 Å². The van der Waals surface area contributed by atoms with Crippen LogP contribution in [-0.2, 0) is 6.18 Å². The molecule has 2 aliphatic heterocycles. The Morgan fingerprint density at radius 3 is 2.31 bits per heavy atom. The van der Waals surface area contributed by atoms with Crippen LogP contribution in [-0.4, -0.2) is 78.5 Å². The molecule has 4 N–H and O–H groups in total. The molecule has 4 heterocycles. The second kappa shape index (κ2) is 18.8. The zero-order valence-corrected chi connectivity index (χ0v) is 29.0. The number of rotatable bonds is 4. The van der Waals surface area contributed by atoms with Crippen LogP contribution in [0.25, 0.3) is 22.2 Å². The summed E-state index contributed by atoms with van der Waals surface area (Å²) in [5, 5.41) is 6.44. The number of likely N-dealkylation sites (tertiary alicyclic amines) is 1. The molecule has 15 heteroatoms. The van der Waals surface area contributed by atoms with Crippen molar-refractivity contribution in [3.63, 3.8) is 0 Å². The van der Waals surface area contributed by atoms with E-state index in [9.17, 15) is 22.0 Å². The molecule has 9 nitrogen and oxygen atoms in total. The van der Waals surface area contributed by atoms with Crippen molar-refractivity contribution >= 4 is 22.4 Å². The molecule has 48 heavy (non-hydrogen) atoms. The van der Waals surface area contributed by atoms with E-state index in [0.29, 0.717) is 26.1 Å². The highest BCUT2D eigenvalue weighted by atomic mass is 19.4. The SMILES string of the molecule is CC.CC.CCF.Cc1c(F)c(N)cc(-c2nc3c4c(nc(OCC5CCCN5C)nc4c2F)NCCNCCC(C)O3)c1C(F)(F)F. The third kappa shape index (κ3) is 9.74. The minimum atomic E-state index is -5.03. The number of hydrogen-bond donors (Lipinski definition) is 3. The van der Waals surface area contributed by atoms with Gasteiger partial charge in [-0.3, -0.25) is 4.39 Å². The van der Waals surface area contributed by atoms with E-state index in [1.165, 1.54) is 6.92 Å². The van der Waals surface area contributed by atoms with Gasteiger partial charge in [-0.2, -0.15) is 23.1 Å². The number of nitrogens with two attached hydrogens (primary N) is 1. The van der Waals surface area contributed by atoms with Gasteiger partial charge in [0.1, 0.15) is 34.8 Å². The van der Waals surface area contributed by atoms with Crippen LogP contribution in [0.1, 0.15) is 71.9 Å². The minimum Gasteiger partial charge on any atom is -0.474 e. The van der Waals surface area contributed by atoms with Crippen molar-refractivity contribution in [3.8, 4) is 23.1 Å². The van der Waals surface area contributed by atoms with Crippen molar-refractivity contribution in [1.29, 1.82) is 0 Å². The summed E-state index contributed by atoms with van der Waals surface area (Å²) in [7, 11) is 1.97. The number of nitrogens with one attached hydrogen (secondary N) is 2. The summed E-state index contributed by atoms with van der Waals surface area (Å²) in [4.78, 5) is 15.1. The molecule has 3 aromatic rings. The Morgan fingerprint density at radius 1 is 1.04 bits per heavy atom. The Morgan fingerprint density at radius 2 is 1.71 bits per heavy atom. The molecule has 270 valence electrons. The monoisotopic (exact) mass is 689 g/mol. The summed E-state index contributed by atoms with van der Waals surface area (Å²) in [5.41, 5.74) is 1.19. The lowest BCUT2D eigenvalue weighted by Crippen LogP contribution is -2.31. The van der Waals surface area contributed by atoms with E-state index in [4.69, 9.17) is 15.2 Å². The molecule has 2 unspecified atom stereocenters. The van der Waals surface area contributed by atoms with E-state index in [2.05, 4.69) is 30.5 Å². The van der Waals surface area contributed by atoms with Crippen LogP contribution < -0.4 is 25.8 Å². The summed E-state index contributed by atoms with van der Waals surface area (Å²) in [5.74, 6) is -2.40. The number of alkyl halides is 4. The Bertz CT molecular complexity index is 1480. The van der Waals surface area contributed by atoms with Crippen LogP contribution in [0, 0.1) is 18.6 Å². The average Bonchev–Trinajstić information content (AvgIpc) is 3.46. The molecule has 1 fully saturated rings. The summed E-state index contributed by atoms with van der Waals surface area (Å²) in [6.07, 6.45) is -3.02. The van der Waals surface area contributed by atoms with Crippen LogP contribution in [0.3, 0.4) is 0 Å². The van der Waals surface area contributed by atoms with E-state index in [-0.39, 0.29) is 47.9 Å². The largest absolute Gasteiger partial charge is 0.474 e. The maximum atomic E-state index is 16.4. The number of pyridine rings is 1. The van der Waals surface area contributed by atoms with Crippen molar-refractivity contribution in [2.75, 3.05) is 57.6 Å². The van der Waals surface area contributed by atoms with E-state index < -0.39 is 52.0 Å². The standard InChI is InChI=1S/C27H32F5N7O2.C2H5F.2C2H6/c1-13-6-7-34-8-9-35-24-18-23(37-26(38-24)40-12-15-5-4-10-39(15)3)21(29)22(36-25(18)41-13)16-11-17(33)20(28)14(2)19(16)27(30,31)32;1-2-3;2*1-2/h11,13,15,34H,4-10,12,33H2,1-3H3,(H,35,37,38);2H2,1H3;2*1-2H3. The third-order valence-corrected chi connectivity index (χ3v) is 7.51. The molecule has 0 spiro atoms. The van der Waals surface area contributed by atoms with Gasteiger partial charge in [-0.25, -0.2) is 13.8 Å². The molecule has 0 aliphatic carbocycles. The Balaban J connectivity index is 0.00000106. The molecule has 2 atom stereocenters. The lowest BCUT2D eigenvalue weighted by atomic mass is 9.96. The number of halogens is 6. The summed E-state index contributed by atoms with van der Waals surface area (Å²) in [6, 6.07) is 0.701. The normalized spacial score (nSPS) is 18.0. The highest BCUT2D eigenvalue weighted by molar-refractivity contribution is 5.96. The predicted molar refractivity (Wildman–Crippen MR) is 178 cm³/mol. The van der Waals surface area contributed by atoms with E-state index in [0.717, 1.165) is 32.4 Å². The van der Waals surface area contributed by atoms with E-state index in [1.54, 1.807) is 6.92 Å². The molecule has 1 aromatic carbocycles. The number of benzene rings is 1. The van der Waals surface area contributed by atoms with Gasteiger partial charge in [-0.05, 0) is 71.8 Å². The van der Waals surface area contributed by atoms with Gasteiger partial charge >= 0.3 is 12.2 Å². The van der Waals surface area contributed by atoms with E-state index in [1.807, 2.05) is 34.7 Å². The molecule has 5 rings (SSSR count). The first kappa shape index (κ1) is 40.6. The zero-order chi connectivity index (χ0) is 36.2. The van der Waals surface area contributed by atoms with Gasteiger partial charge in [0.2, 0.25) is 5.88 Å². The molecular formula is C33H49F6N7O2. The molecule has 2 aromatic heterocycles. The molecule has 0 saturated carbocycles. The molecule has 1 saturated heterocycles. The lowest BCUT2D eigenvalue weighted by molar-refractivity contribution is -0.137. The fraction of sp³-hybridized carbons (Fsp3) is 0.606. The molecular weight excluding hydrogens is 640 g/mol. The quantitative estimate of drug-likeness (QED) is 0.189. The van der Waals surface area contributed by atoms with E-state index >= 15 is 4.39 Å².